The Morgan fingerprint density at radius 3 is 1.82 bits per heavy atom. The number of imidazole rings is 1. The van der Waals surface area contributed by atoms with Gasteiger partial charge in [-0.2, -0.15) is 0 Å². The van der Waals surface area contributed by atoms with Gasteiger partial charge in [0, 0.05) is 41.9 Å². The molecule has 220 valence electrons. The second-order valence-electron chi connectivity index (χ2n) is 12.0. The summed E-state index contributed by atoms with van der Waals surface area (Å²) in [6.45, 7) is 16.0. The van der Waals surface area contributed by atoms with Crippen LogP contribution in [0.25, 0.3) is 0 Å². The number of rotatable bonds is 10. The fourth-order valence-corrected chi connectivity index (χ4v) is 4.34. The number of hydrogen-bond acceptors (Lipinski definition) is 7. The van der Waals surface area contributed by atoms with E-state index >= 15 is 0 Å². The zero-order valence-electron chi connectivity index (χ0n) is 25.2. The minimum absolute atomic E-state index is 0.0213. The van der Waals surface area contributed by atoms with Crippen molar-refractivity contribution in [2.45, 2.75) is 99.1 Å². The summed E-state index contributed by atoms with van der Waals surface area (Å²) >= 11 is 0. The van der Waals surface area contributed by atoms with Crippen LogP contribution in [0, 0.1) is 5.92 Å². The first-order chi connectivity index (χ1) is 18.5. The Balaban J connectivity index is 2.55. The van der Waals surface area contributed by atoms with Crippen molar-refractivity contribution in [3.63, 3.8) is 0 Å². The van der Waals surface area contributed by atoms with Gasteiger partial charge in [-0.25, -0.2) is 4.79 Å². The van der Waals surface area contributed by atoms with Crippen molar-refractivity contribution < 1.29 is 33.8 Å². The number of phenolic OH excluding ortho intramolecular Hbond substituents is 1. The van der Waals surface area contributed by atoms with Gasteiger partial charge in [0.1, 0.15) is 5.75 Å². The Kier molecular flexibility index (Phi) is 10.7. The summed E-state index contributed by atoms with van der Waals surface area (Å²) in [7, 11) is 0. The highest BCUT2D eigenvalue weighted by atomic mass is 16.7. The molecule has 2 aromatic rings. The number of nitrogens with zero attached hydrogens (tertiary/aromatic N) is 3. The van der Waals surface area contributed by atoms with Gasteiger partial charge < -0.3 is 23.7 Å². The molecule has 0 saturated heterocycles. The summed E-state index contributed by atoms with van der Waals surface area (Å²) in [5.41, 5.74) is 0.925. The molecule has 0 saturated carbocycles. The summed E-state index contributed by atoms with van der Waals surface area (Å²) in [5.74, 6) is -0.890. The van der Waals surface area contributed by atoms with Crippen LogP contribution < -0.4 is 5.62 Å². The van der Waals surface area contributed by atoms with E-state index in [-0.39, 0.29) is 41.9 Å². The molecule has 1 heterocycles. The van der Waals surface area contributed by atoms with Crippen LogP contribution in [0.5, 0.6) is 5.75 Å². The van der Waals surface area contributed by atoms with Gasteiger partial charge in [0.05, 0.1) is 13.1 Å². The van der Waals surface area contributed by atoms with Crippen LogP contribution in [-0.4, -0.2) is 44.7 Å². The predicted molar refractivity (Wildman–Crippen MR) is 150 cm³/mol. The van der Waals surface area contributed by atoms with Gasteiger partial charge in [-0.1, -0.05) is 55.4 Å². The molecule has 0 aliphatic heterocycles. The maximum atomic E-state index is 13.6. The molecule has 1 N–H and O–H groups in total. The van der Waals surface area contributed by atoms with Gasteiger partial charge >= 0.3 is 12.1 Å². The number of aromatic hydroxyl groups is 1. The summed E-state index contributed by atoms with van der Waals surface area (Å²) in [4.78, 5) is 53.9. The van der Waals surface area contributed by atoms with Crippen LogP contribution in [0.15, 0.2) is 29.5 Å². The van der Waals surface area contributed by atoms with Crippen LogP contribution in [0.3, 0.4) is 0 Å². The Bertz CT molecular complexity index is 1280. The average Bonchev–Trinajstić information content (AvgIpc) is 3.18. The second-order valence-corrected chi connectivity index (χ2v) is 12.0. The van der Waals surface area contributed by atoms with Crippen LogP contribution >= 0.6 is 0 Å². The molecule has 0 bridgehead atoms. The third-order valence-corrected chi connectivity index (χ3v) is 6.71. The molecular weight excluding hydrogens is 514 g/mol. The molecule has 40 heavy (non-hydrogen) atoms. The van der Waals surface area contributed by atoms with Crippen LogP contribution in [-0.2, 0) is 43.0 Å². The molecule has 0 atom stereocenters. The van der Waals surface area contributed by atoms with E-state index in [2.05, 4.69) is 9.73 Å². The molecule has 2 rings (SSSR count). The summed E-state index contributed by atoms with van der Waals surface area (Å²) in [6, 6.07) is 3.40. The van der Waals surface area contributed by atoms with E-state index in [9.17, 15) is 24.3 Å². The molecule has 10 heteroatoms. The standard InChI is InChI=1S/C30H43N3O7/c1-10-20(11-2)24(35)16-32-12-13-33(27(32)31-28(38)40-18-39-19(3)34)17-25(36)21-14-22(29(4,5)6)26(37)23(15-21)30(7,8)9/h12-15,20,37H,10-11,16-18H2,1-9H3. The topological polar surface area (TPSA) is 129 Å². The molecule has 0 unspecified atom stereocenters. The number of amides is 1. The van der Waals surface area contributed by atoms with Crippen molar-refractivity contribution in [3.8, 4) is 5.75 Å². The average molecular weight is 558 g/mol. The zero-order valence-corrected chi connectivity index (χ0v) is 25.2. The molecule has 0 fully saturated rings. The molecule has 0 aliphatic rings. The van der Waals surface area contributed by atoms with Gasteiger partial charge in [-0.3, -0.25) is 14.4 Å². The van der Waals surface area contributed by atoms with Gasteiger partial charge in [-0.05, 0) is 35.8 Å². The van der Waals surface area contributed by atoms with E-state index in [0.29, 0.717) is 29.5 Å². The van der Waals surface area contributed by atoms with E-state index in [1.165, 1.54) is 16.1 Å². The molecule has 0 radical (unpaired) electrons. The molecule has 10 nitrogen and oxygen atoms in total. The molecule has 1 aromatic carbocycles. The van der Waals surface area contributed by atoms with Gasteiger partial charge in [-0.15, -0.1) is 4.99 Å². The Hall–Kier alpha value is -3.69. The maximum absolute atomic E-state index is 13.6. The predicted octanol–water partition coefficient (Wildman–Crippen LogP) is 5.04. The van der Waals surface area contributed by atoms with Crippen molar-refractivity contribution in [2.75, 3.05) is 6.79 Å². The number of phenols is 1. The lowest BCUT2D eigenvalue weighted by Gasteiger charge is -2.28. The first kappa shape index (κ1) is 32.5. The molecule has 1 aromatic heterocycles. The number of ether oxygens (including phenoxy) is 2. The highest BCUT2D eigenvalue weighted by Gasteiger charge is 2.28. The highest BCUT2D eigenvalue weighted by Crippen LogP contribution is 2.39. The first-order valence-corrected chi connectivity index (χ1v) is 13.5. The second kappa shape index (κ2) is 13.1. The quantitative estimate of drug-likeness (QED) is 0.246. The number of carbonyl (C=O) groups is 4. The monoisotopic (exact) mass is 557 g/mol. The van der Waals surface area contributed by atoms with E-state index in [4.69, 9.17) is 4.74 Å². The van der Waals surface area contributed by atoms with Crippen molar-refractivity contribution in [3.05, 3.63) is 46.8 Å². The van der Waals surface area contributed by atoms with Crippen molar-refractivity contribution in [1.82, 2.24) is 9.13 Å². The van der Waals surface area contributed by atoms with Gasteiger partial charge in [0.25, 0.3) is 0 Å². The normalized spacial score (nSPS) is 12.5. The minimum atomic E-state index is -1.04. The van der Waals surface area contributed by atoms with E-state index in [1.54, 1.807) is 24.5 Å². The van der Waals surface area contributed by atoms with E-state index in [0.717, 1.165) is 0 Å². The SMILES string of the molecule is CCC(CC)C(=O)Cn1ccn(CC(=O)c2cc(C(C)(C)C)c(O)c(C(C)(C)C)c2)c1=NC(=O)OCOC(C)=O. The lowest BCUT2D eigenvalue weighted by molar-refractivity contribution is -0.148. The Morgan fingerprint density at radius 2 is 1.38 bits per heavy atom. The lowest BCUT2D eigenvalue weighted by atomic mass is 9.78. The van der Waals surface area contributed by atoms with Crippen LogP contribution in [0.4, 0.5) is 4.79 Å². The number of aromatic nitrogens is 2. The fraction of sp³-hybridized carbons (Fsp3) is 0.567. The molecular formula is C30H43N3O7. The van der Waals surface area contributed by atoms with Crippen molar-refractivity contribution in [1.29, 1.82) is 0 Å². The minimum Gasteiger partial charge on any atom is -0.507 e. The fourth-order valence-electron chi connectivity index (χ4n) is 4.34. The number of ketones is 2. The number of hydrogen-bond donors (Lipinski definition) is 1. The third-order valence-electron chi connectivity index (χ3n) is 6.71. The molecule has 0 aliphatic carbocycles. The zero-order chi connectivity index (χ0) is 30.4. The lowest BCUT2D eigenvalue weighted by Crippen LogP contribution is -2.33. The summed E-state index contributed by atoms with van der Waals surface area (Å²) in [6.07, 6.45) is 3.49. The largest absolute Gasteiger partial charge is 0.507 e. The smallest absolute Gasteiger partial charge is 0.439 e. The number of esters is 1. The maximum Gasteiger partial charge on any atom is 0.439 e. The number of benzene rings is 1. The van der Waals surface area contributed by atoms with Crippen LogP contribution in [0.2, 0.25) is 0 Å². The molecule has 0 spiro atoms. The van der Waals surface area contributed by atoms with Crippen molar-refractivity contribution in [2.24, 2.45) is 10.9 Å². The van der Waals surface area contributed by atoms with Crippen LogP contribution in [0.1, 0.15) is 96.6 Å². The Labute approximate surface area is 236 Å². The van der Waals surface area contributed by atoms with Crippen molar-refractivity contribution >= 4 is 23.6 Å². The molecule has 1 amide bonds. The Morgan fingerprint density at radius 1 is 0.875 bits per heavy atom. The first-order valence-electron chi connectivity index (χ1n) is 13.5. The summed E-state index contributed by atoms with van der Waals surface area (Å²) in [5, 5.41) is 11.0. The number of carbonyl (C=O) groups excluding carboxylic acids is 4. The van der Waals surface area contributed by atoms with E-state index in [1.807, 2.05) is 55.4 Å². The van der Waals surface area contributed by atoms with E-state index < -0.39 is 29.7 Å². The highest BCUT2D eigenvalue weighted by molar-refractivity contribution is 5.96. The third kappa shape index (κ3) is 8.40. The van der Waals surface area contributed by atoms with Gasteiger partial charge in [0.2, 0.25) is 12.4 Å². The van der Waals surface area contributed by atoms with Gasteiger partial charge in [0.15, 0.2) is 11.6 Å². The number of Topliss-reactive ketones (excluding diaryl/α,β-unsaturated/α-hetero) is 2. The summed E-state index contributed by atoms with van der Waals surface area (Å²) < 4.78 is 12.5.